The molecule has 8 heteroatoms. The van der Waals surface area contributed by atoms with Crippen LogP contribution in [0.25, 0.3) is 12.2 Å². The third-order valence-corrected chi connectivity index (χ3v) is 7.84. The van der Waals surface area contributed by atoms with Crippen LogP contribution >= 0.6 is 11.3 Å². The number of hydrogen-bond acceptors (Lipinski definition) is 7. The molecule has 0 spiro atoms. The Balaban J connectivity index is 0.000000475. The third-order valence-electron chi connectivity index (χ3n) is 6.72. The van der Waals surface area contributed by atoms with Crippen molar-refractivity contribution in [1.29, 1.82) is 0 Å². The first-order chi connectivity index (χ1) is 19.6. The van der Waals surface area contributed by atoms with Crippen molar-refractivity contribution < 1.29 is 14.3 Å². The number of hydrogen-bond donors (Lipinski definition) is 4. The molecular formula is C32H50N4O3S. The van der Waals surface area contributed by atoms with Crippen molar-refractivity contribution in [2.75, 3.05) is 52.4 Å². The van der Waals surface area contributed by atoms with Crippen molar-refractivity contribution in [1.82, 2.24) is 16.0 Å². The van der Waals surface area contributed by atoms with Crippen molar-refractivity contribution >= 4 is 35.1 Å². The Kier molecular flexibility index (Phi) is 17.2. The zero-order chi connectivity index (χ0) is 29.0. The Labute approximate surface area is 245 Å². The summed E-state index contributed by atoms with van der Waals surface area (Å²) in [5.41, 5.74) is 8.53. The number of allylic oxidation sites excluding steroid dienone is 2. The number of nitrogens with one attached hydrogen (secondary N) is 3. The van der Waals surface area contributed by atoms with E-state index in [4.69, 9.17) is 15.2 Å². The molecule has 2 aromatic rings. The monoisotopic (exact) mass is 570 g/mol. The van der Waals surface area contributed by atoms with E-state index in [1.807, 2.05) is 76.4 Å². The van der Waals surface area contributed by atoms with Crippen LogP contribution in [0.3, 0.4) is 0 Å². The SMILES string of the molecule is CC.CNCCCNCOCC(CCC1CCOCC1)NC(=O)c1sc2cc1C=CC=C2.Cc1ccccc1N. The van der Waals surface area contributed by atoms with Gasteiger partial charge in [0.05, 0.1) is 24.3 Å². The van der Waals surface area contributed by atoms with Gasteiger partial charge in [0.1, 0.15) is 0 Å². The molecule has 1 unspecified atom stereocenters. The minimum absolute atomic E-state index is 0.00348. The molecule has 1 aromatic carbocycles. The molecule has 222 valence electrons. The Bertz CT molecular complexity index is 1010. The van der Waals surface area contributed by atoms with Crippen LogP contribution in [0, 0.1) is 12.8 Å². The maximum absolute atomic E-state index is 13.0. The summed E-state index contributed by atoms with van der Waals surface area (Å²) in [7, 11) is 1.96. The van der Waals surface area contributed by atoms with E-state index in [0.29, 0.717) is 19.3 Å². The number of benzene rings is 1. The summed E-state index contributed by atoms with van der Waals surface area (Å²) in [6.07, 6.45) is 13.4. The van der Waals surface area contributed by atoms with E-state index >= 15 is 0 Å². The second kappa shape index (κ2) is 20.4. The molecular weight excluding hydrogens is 520 g/mol. The van der Waals surface area contributed by atoms with Crippen LogP contribution in [0.1, 0.15) is 71.6 Å². The standard InChI is InChI=1S/C23H35N3O3S.C7H9N.C2H6/c1-24-11-4-12-25-17-29-16-20(8-7-18-9-13-28-14-10-18)26-23(27)22-19-5-2-3-6-21(15-19)30-22;1-6-4-2-3-5-7(6)8;1-2/h2-3,5-6,15,18,20,24-25H,4,7-14,16-17H2,1H3,(H,26,27);2-5H,8H2,1H3;1-2H3. The first kappa shape index (κ1) is 33.7. The number of fused-ring (bicyclic) bond motifs is 2. The molecule has 1 aliphatic carbocycles. The Hall–Kier alpha value is -2.49. The first-order valence-corrected chi connectivity index (χ1v) is 15.5. The number of nitrogen functional groups attached to an aromatic ring is 1. The zero-order valence-electron chi connectivity index (χ0n) is 24.8. The average molecular weight is 571 g/mol. The molecule has 1 saturated heterocycles. The van der Waals surface area contributed by atoms with Crippen LogP contribution in [0.5, 0.6) is 0 Å². The number of rotatable bonds is 13. The van der Waals surface area contributed by atoms with Gasteiger partial charge in [0.25, 0.3) is 5.91 Å². The van der Waals surface area contributed by atoms with E-state index < -0.39 is 0 Å². The van der Waals surface area contributed by atoms with Crippen LogP contribution in [-0.4, -0.2) is 58.6 Å². The molecule has 1 atom stereocenters. The third kappa shape index (κ3) is 12.8. The molecule has 1 amide bonds. The lowest BCUT2D eigenvalue weighted by Crippen LogP contribution is -2.39. The van der Waals surface area contributed by atoms with E-state index in [-0.39, 0.29) is 11.9 Å². The Morgan fingerprint density at radius 1 is 1.15 bits per heavy atom. The largest absolute Gasteiger partial charge is 0.399 e. The summed E-state index contributed by atoms with van der Waals surface area (Å²) in [5.74, 6) is 0.684. The molecule has 0 radical (unpaired) electrons. The Morgan fingerprint density at radius 2 is 1.90 bits per heavy atom. The molecule has 7 nitrogen and oxygen atoms in total. The van der Waals surface area contributed by atoms with Gasteiger partial charge in [-0.25, -0.2) is 0 Å². The minimum Gasteiger partial charge on any atom is -0.399 e. The fraction of sp³-hybridized carbons (Fsp3) is 0.531. The highest BCUT2D eigenvalue weighted by atomic mass is 32.1. The van der Waals surface area contributed by atoms with Crippen molar-refractivity contribution in [2.24, 2.45) is 5.92 Å². The van der Waals surface area contributed by atoms with Crippen molar-refractivity contribution in [3.05, 3.63) is 63.4 Å². The van der Waals surface area contributed by atoms with Crippen LogP contribution < -0.4 is 21.7 Å². The van der Waals surface area contributed by atoms with Crippen LogP contribution in [-0.2, 0) is 9.47 Å². The van der Waals surface area contributed by atoms with Crippen LogP contribution in [0.15, 0.2) is 42.5 Å². The fourth-order valence-electron chi connectivity index (χ4n) is 4.36. The number of carbonyl (C=O) groups is 1. The topological polar surface area (TPSA) is 97.6 Å². The van der Waals surface area contributed by atoms with Crippen molar-refractivity contribution in [2.45, 2.75) is 58.9 Å². The smallest absolute Gasteiger partial charge is 0.262 e. The van der Waals surface area contributed by atoms with Gasteiger partial charge >= 0.3 is 0 Å². The average Bonchev–Trinajstić information content (AvgIpc) is 3.24. The predicted molar refractivity (Wildman–Crippen MR) is 171 cm³/mol. The summed E-state index contributed by atoms with van der Waals surface area (Å²) < 4.78 is 11.3. The quantitative estimate of drug-likeness (QED) is 0.137. The highest BCUT2D eigenvalue weighted by molar-refractivity contribution is 7.15. The number of anilines is 1. The zero-order valence-corrected chi connectivity index (χ0v) is 25.7. The predicted octanol–water partition coefficient (Wildman–Crippen LogP) is 5.87. The second-order valence-corrected chi connectivity index (χ2v) is 10.9. The minimum atomic E-state index is 0.00348. The molecule has 5 N–H and O–H groups in total. The lowest BCUT2D eigenvalue weighted by atomic mass is 9.93. The van der Waals surface area contributed by atoms with E-state index in [0.717, 1.165) is 85.0 Å². The number of amides is 1. The second-order valence-electron chi connectivity index (χ2n) is 9.78. The van der Waals surface area contributed by atoms with Crippen molar-refractivity contribution in [3.8, 4) is 0 Å². The van der Waals surface area contributed by atoms with Gasteiger partial charge in [-0.15, -0.1) is 11.3 Å². The number of carbonyl (C=O) groups excluding carboxylic acids is 1. The summed E-state index contributed by atoms with van der Waals surface area (Å²) >= 11 is 1.55. The Morgan fingerprint density at radius 3 is 2.60 bits per heavy atom. The molecule has 40 heavy (non-hydrogen) atoms. The number of nitrogens with two attached hydrogens (primary N) is 1. The van der Waals surface area contributed by atoms with E-state index in [2.05, 4.69) is 22.0 Å². The number of para-hydroxylation sites is 1. The molecule has 4 rings (SSSR count). The van der Waals surface area contributed by atoms with Gasteiger partial charge in [0.15, 0.2) is 0 Å². The summed E-state index contributed by atoms with van der Waals surface area (Å²) in [6.45, 7) is 10.7. The van der Waals surface area contributed by atoms with Crippen LogP contribution in [0.4, 0.5) is 5.69 Å². The number of aryl methyl sites for hydroxylation is 1. The van der Waals surface area contributed by atoms with Gasteiger partial charge in [-0.3, -0.25) is 10.1 Å². The summed E-state index contributed by atoms with van der Waals surface area (Å²) in [6, 6.07) is 9.89. The van der Waals surface area contributed by atoms with Crippen LogP contribution in [0.2, 0.25) is 0 Å². The van der Waals surface area contributed by atoms with Gasteiger partial charge in [-0.05, 0) is 94.4 Å². The van der Waals surface area contributed by atoms with E-state index in [1.165, 1.54) is 0 Å². The van der Waals surface area contributed by atoms with Gasteiger partial charge in [0, 0.05) is 23.8 Å². The number of thiophene rings is 1. The maximum atomic E-state index is 13.0. The van der Waals surface area contributed by atoms with E-state index in [1.54, 1.807) is 11.3 Å². The highest BCUT2D eigenvalue weighted by Crippen LogP contribution is 2.27. The molecule has 2 bridgehead atoms. The lowest BCUT2D eigenvalue weighted by molar-refractivity contribution is 0.0565. The number of ether oxygens (including phenoxy) is 2. The maximum Gasteiger partial charge on any atom is 0.262 e. The fourth-order valence-corrected chi connectivity index (χ4v) is 5.33. The normalized spacial score (nSPS) is 14.8. The van der Waals surface area contributed by atoms with Gasteiger partial charge < -0.3 is 25.8 Å². The van der Waals surface area contributed by atoms with Crippen molar-refractivity contribution in [3.63, 3.8) is 0 Å². The summed E-state index contributed by atoms with van der Waals surface area (Å²) in [5, 5.41) is 9.67. The van der Waals surface area contributed by atoms with Gasteiger partial charge in [-0.2, -0.15) is 0 Å². The van der Waals surface area contributed by atoms with Gasteiger partial charge in [-0.1, -0.05) is 50.3 Å². The summed E-state index contributed by atoms with van der Waals surface area (Å²) in [4.78, 5) is 14.9. The molecule has 1 fully saturated rings. The van der Waals surface area contributed by atoms with E-state index in [9.17, 15) is 4.79 Å². The first-order valence-electron chi connectivity index (χ1n) is 14.7. The molecule has 2 aliphatic rings. The van der Waals surface area contributed by atoms with Gasteiger partial charge in [0.2, 0.25) is 0 Å². The molecule has 1 aromatic heterocycles. The molecule has 1 aliphatic heterocycles. The molecule has 2 heterocycles. The highest BCUT2D eigenvalue weighted by Gasteiger charge is 2.21. The molecule has 0 saturated carbocycles. The lowest BCUT2D eigenvalue weighted by Gasteiger charge is -2.25.